The van der Waals surface area contributed by atoms with Crippen molar-refractivity contribution < 1.29 is 0 Å². The molecule has 59 heavy (non-hydrogen) atoms. The van der Waals surface area contributed by atoms with Crippen molar-refractivity contribution in [1.82, 2.24) is 0 Å². The summed E-state index contributed by atoms with van der Waals surface area (Å²) in [7, 11) is 0. The molecule has 0 amide bonds. The summed E-state index contributed by atoms with van der Waals surface area (Å²) in [6.45, 7) is 4.83. The molecule has 0 fully saturated rings. The molecule has 9 aromatic carbocycles. The van der Waals surface area contributed by atoms with E-state index in [9.17, 15) is 0 Å². The van der Waals surface area contributed by atoms with Gasteiger partial charge >= 0.3 is 0 Å². The van der Waals surface area contributed by atoms with E-state index < -0.39 is 10.8 Å². The quantitative estimate of drug-likeness (QED) is 0.165. The minimum absolute atomic E-state index is 0.179. The molecular formula is C59H40. The maximum Gasteiger partial charge on any atom is 0.0725 e. The van der Waals surface area contributed by atoms with E-state index in [-0.39, 0.29) is 5.41 Å². The van der Waals surface area contributed by atoms with Crippen molar-refractivity contribution >= 4 is 0 Å². The first kappa shape index (κ1) is 33.0. The topological polar surface area (TPSA) is 0 Å². The summed E-state index contributed by atoms with van der Waals surface area (Å²) in [4.78, 5) is 0. The van der Waals surface area contributed by atoms with Crippen LogP contribution in [0, 0.1) is 0 Å². The fourth-order valence-electron chi connectivity index (χ4n) is 12.3. The minimum atomic E-state index is -0.546. The van der Waals surface area contributed by atoms with Crippen LogP contribution in [-0.4, -0.2) is 0 Å². The van der Waals surface area contributed by atoms with Crippen LogP contribution in [0.3, 0.4) is 0 Å². The largest absolute Gasteiger partial charge is 0.0725 e. The van der Waals surface area contributed by atoms with E-state index in [1.165, 1.54) is 111 Å². The third kappa shape index (κ3) is 3.95. The smallest absolute Gasteiger partial charge is 0.0622 e. The summed E-state index contributed by atoms with van der Waals surface area (Å²) in [5, 5.41) is 0. The fourth-order valence-corrected chi connectivity index (χ4v) is 12.3. The van der Waals surface area contributed by atoms with Gasteiger partial charge in [0.25, 0.3) is 0 Å². The van der Waals surface area contributed by atoms with Crippen LogP contribution >= 0.6 is 0 Å². The Hall–Kier alpha value is -7.02. The Balaban J connectivity index is 1.15. The molecule has 0 aliphatic heterocycles. The summed E-state index contributed by atoms with van der Waals surface area (Å²) in [5.41, 5.74) is 25.5. The van der Waals surface area contributed by atoms with Crippen molar-refractivity contribution in [2.24, 2.45) is 0 Å². The van der Waals surface area contributed by atoms with Crippen molar-refractivity contribution in [1.29, 1.82) is 0 Å². The van der Waals surface area contributed by atoms with Crippen LogP contribution < -0.4 is 0 Å². The second-order valence-electron chi connectivity index (χ2n) is 17.5. The van der Waals surface area contributed by atoms with Gasteiger partial charge < -0.3 is 0 Å². The van der Waals surface area contributed by atoms with E-state index in [1.54, 1.807) is 0 Å². The van der Waals surface area contributed by atoms with Gasteiger partial charge in [0.1, 0.15) is 0 Å². The second-order valence-corrected chi connectivity index (χ2v) is 17.5. The molecule has 2 spiro atoms. The molecule has 0 bridgehead atoms. The van der Waals surface area contributed by atoms with Gasteiger partial charge in [-0.25, -0.2) is 0 Å². The third-order valence-corrected chi connectivity index (χ3v) is 14.6. The van der Waals surface area contributed by atoms with Crippen molar-refractivity contribution in [3.05, 3.63) is 262 Å². The number of benzene rings is 9. The van der Waals surface area contributed by atoms with Gasteiger partial charge in [0, 0.05) is 5.41 Å². The molecule has 13 rings (SSSR count). The van der Waals surface area contributed by atoms with Gasteiger partial charge in [-0.05, 0) is 123 Å². The number of rotatable bonds is 2. The lowest BCUT2D eigenvalue weighted by Crippen LogP contribution is -2.44. The summed E-state index contributed by atoms with van der Waals surface area (Å²) < 4.78 is 0. The number of hydrogen-bond donors (Lipinski definition) is 0. The molecular weight excluding hydrogens is 709 g/mol. The Morgan fingerprint density at radius 2 is 0.610 bits per heavy atom. The Morgan fingerprint density at radius 3 is 1.15 bits per heavy atom. The molecule has 0 nitrogen and oxygen atoms in total. The molecule has 4 aliphatic rings. The lowest BCUT2D eigenvalue weighted by atomic mass is 9.51. The molecule has 276 valence electrons. The SMILES string of the molecule is CC1(C)c2cc(-c3ccccc3)ccc2-c2ccc(-c3cccc4c3C3(c5ccccc5-c5ccccc53)c3ccccc3C43c4ccccc4-c4ccccc43)cc21. The van der Waals surface area contributed by atoms with Crippen LogP contribution in [0.1, 0.15) is 69.5 Å². The Kier molecular flexibility index (Phi) is 6.46. The zero-order valence-electron chi connectivity index (χ0n) is 33.1. The Bertz CT molecular complexity index is 3160. The van der Waals surface area contributed by atoms with Gasteiger partial charge in [-0.15, -0.1) is 0 Å². The standard InChI is InChI=1S/C59H40/c1-57(2)54-35-38(37-17-4-3-5-18-37)31-33-45(54)46-34-32-39(36-55(46)57)40-23-16-30-53-56(40)59(49-26-12-8-21-43(49)44-22-9-13-27-50(44)59)52-29-15-14-28-51(52)58(53)47-24-10-6-19-41(47)42-20-7-11-25-48(42)58/h3-36H,1-2H3. The highest BCUT2D eigenvalue weighted by molar-refractivity contribution is 5.97. The molecule has 0 radical (unpaired) electrons. The molecule has 0 saturated carbocycles. The maximum atomic E-state index is 2.54. The average Bonchev–Trinajstić information content (AvgIpc) is 3.85. The van der Waals surface area contributed by atoms with Crippen LogP contribution in [0.15, 0.2) is 206 Å². The summed E-state index contributed by atoms with van der Waals surface area (Å²) in [6, 6.07) is 78.7. The molecule has 0 atom stereocenters. The van der Waals surface area contributed by atoms with Crippen molar-refractivity contribution in [3.8, 4) is 55.6 Å². The van der Waals surface area contributed by atoms with E-state index in [0.29, 0.717) is 0 Å². The zero-order valence-corrected chi connectivity index (χ0v) is 33.1. The highest BCUT2D eigenvalue weighted by atomic mass is 14.6. The predicted molar refractivity (Wildman–Crippen MR) is 243 cm³/mol. The van der Waals surface area contributed by atoms with Crippen molar-refractivity contribution in [2.75, 3.05) is 0 Å². The van der Waals surface area contributed by atoms with Crippen molar-refractivity contribution in [2.45, 2.75) is 30.1 Å². The van der Waals surface area contributed by atoms with Crippen LogP contribution in [0.25, 0.3) is 55.6 Å². The molecule has 0 unspecified atom stereocenters. The minimum Gasteiger partial charge on any atom is -0.0622 e. The van der Waals surface area contributed by atoms with E-state index in [1.807, 2.05) is 0 Å². The lowest BCUT2D eigenvalue weighted by molar-refractivity contribution is 0.634. The first-order chi connectivity index (χ1) is 29.0. The first-order valence-electron chi connectivity index (χ1n) is 21.0. The van der Waals surface area contributed by atoms with Gasteiger partial charge in [-0.3, -0.25) is 0 Å². The molecule has 4 aliphatic carbocycles. The monoisotopic (exact) mass is 748 g/mol. The van der Waals surface area contributed by atoms with Crippen LogP contribution in [0.5, 0.6) is 0 Å². The molecule has 0 aromatic heterocycles. The number of hydrogen-bond acceptors (Lipinski definition) is 0. The molecule has 0 N–H and O–H groups in total. The highest BCUT2D eigenvalue weighted by Gasteiger charge is 2.59. The van der Waals surface area contributed by atoms with Gasteiger partial charge in [0.05, 0.1) is 10.8 Å². The maximum absolute atomic E-state index is 2.54. The Morgan fingerprint density at radius 1 is 0.237 bits per heavy atom. The molecule has 0 saturated heterocycles. The van der Waals surface area contributed by atoms with Crippen LogP contribution in [0.4, 0.5) is 0 Å². The zero-order chi connectivity index (χ0) is 39.1. The van der Waals surface area contributed by atoms with E-state index in [4.69, 9.17) is 0 Å². The first-order valence-corrected chi connectivity index (χ1v) is 21.0. The summed E-state index contributed by atoms with van der Waals surface area (Å²) in [6.07, 6.45) is 0. The van der Waals surface area contributed by atoms with Gasteiger partial charge in [0.2, 0.25) is 0 Å². The summed E-state index contributed by atoms with van der Waals surface area (Å²) >= 11 is 0. The highest BCUT2D eigenvalue weighted by Crippen LogP contribution is 2.68. The summed E-state index contributed by atoms with van der Waals surface area (Å²) in [5.74, 6) is 0. The van der Waals surface area contributed by atoms with Gasteiger partial charge in [0.15, 0.2) is 0 Å². The average molecular weight is 749 g/mol. The van der Waals surface area contributed by atoms with Crippen molar-refractivity contribution in [3.63, 3.8) is 0 Å². The van der Waals surface area contributed by atoms with Gasteiger partial charge in [-0.2, -0.15) is 0 Å². The molecule has 0 heteroatoms. The molecule has 0 heterocycles. The third-order valence-electron chi connectivity index (χ3n) is 14.6. The van der Waals surface area contributed by atoms with Gasteiger partial charge in [-0.1, -0.05) is 208 Å². The van der Waals surface area contributed by atoms with Crippen LogP contribution in [0.2, 0.25) is 0 Å². The van der Waals surface area contributed by atoms with Crippen LogP contribution in [-0.2, 0) is 16.2 Å². The Labute approximate surface area is 346 Å². The van der Waals surface area contributed by atoms with E-state index in [0.717, 1.165) is 0 Å². The predicted octanol–water partition coefficient (Wildman–Crippen LogP) is 14.4. The normalized spacial score (nSPS) is 15.7. The lowest BCUT2D eigenvalue weighted by Gasteiger charge is -2.49. The van der Waals surface area contributed by atoms with E-state index in [2.05, 4.69) is 220 Å². The second kappa shape index (κ2) is 11.6. The van der Waals surface area contributed by atoms with E-state index >= 15 is 0 Å². The number of fused-ring (bicyclic) bond motifs is 19. The fraction of sp³-hybridized carbons (Fsp3) is 0.0847. The molecule has 9 aromatic rings.